The van der Waals surface area contributed by atoms with E-state index in [1.807, 2.05) is 6.07 Å². The van der Waals surface area contributed by atoms with Crippen LogP contribution in [0, 0.1) is 3.57 Å². The van der Waals surface area contributed by atoms with E-state index in [9.17, 15) is 0 Å². The molecule has 0 fully saturated rings. The van der Waals surface area contributed by atoms with E-state index >= 15 is 0 Å². The first-order chi connectivity index (χ1) is 6.76. The van der Waals surface area contributed by atoms with E-state index in [-0.39, 0.29) is 6.61 Å². The molecule has 0 aliphatic carbocycles. The van der Waals surface area contributed by atoms with Crippen molar-refractivity contribution in [3.63, 3.8) is 0 Å². The third-order valence-corrected chi connectivity index (χ3v) is 4.42. The molecule has 1 aromatic heterocycles. The summed E-state index contributed by atoms with van der Waals surface area (Å²) in [5.74, 6) is 0.550. The second-order valence-electron chi connectivity index (χ2n) is 2.99. The maximum atomic E-state index is 9.12. The Bertz CT molecular complexity index is 466. The normalized spacial score (nSPS) is 11.1. The van der Waals surface area contributed by atoms with Crippen LogP contribution in [0.15, 0.2) is 17.5 Å². The van der Waals surface area contributed by atoms with Gasteiger partial charge in [-0.2, -0.15) is 0 Å². The van der Waals surface area contributed by atoms with E-state index in [2.05, 4.69) is 34.0 Å². The van der Waals surface area contributed by atoms with Gasteiger partial charge in [-0.25, -0.2) is 0 Å². The van der Waals surface area contributed by atoms with Crippen molar-refractivity contribution in [3.05, 3.63) is 32.2 Å². The summed E-state index contributed by atoms with van der Waals surface area (Å²) in [5.41, 5.74) is 2.16. The summed E-state index contributed by atoms with van der Waals surface area (Å²) in [4.78, 5) is 0. The first-order valence-corrected chi connectivity index (χ1v) is 6.61. The van der Waals surface area contributed by atoms with Crippen LogP contribution < -0.4 is 0 Å². The third-order valence-electron chi connectivity index (χ3n) is 2.14. The van der Waals surface area contributed by atoms with E-state index in [0.29, 0.717) is 5.88 Å². The Morgan fingerprint density at radius 1 is 1.36 bits per heavy atom. The summed E-state index contributed by atoms with van der Waals surface area (Å²) in [7, 11) is 0. The first kappa shape index (κ1) is 10.7. The molecule has 0 saturated carbocycles. The SMILES string of the molecule is OCc1cc2scc(CCl)c2cc1I. The molecule has 1 nitrogen and oxygen atoms in total. The Morgan fingerprint density at radius 3 is 2.79 bits per heavy atom. The molecule has 0 atom stereocenters. The van der Waals surface area contributed by atoms with Gasteiger partial charge in [0.15, 0.2) is 0 Å². The van der Waals surface area contributed by atoms with Crippen molar-refractivity contribution in [2.75, 3.05) is 0 Å². The number of hydrogen-bond acceptors (Lipinski definition) is 2. The molecule has 0 saturated heterocycles. The maximum absolute atomic E-state index is 9.12. The molecular formula is C10H8ClIOS. The predicted octanol–water partition coefficient (Wildman–Crippen LogP) is 3.74. The highest BCUT2D eigenvalue weighted by molar-refractivity contribution is 14.1. The summed E-state index contributed by atoms with van der Waals surface area (Å²) in [5, 5.41) is 12.4. The lowest BCUT2D eigenvalue weighted by Crippen LogP contribution is -1.87. The quantitative estimate of drug-likeness (QED) is 0.653. The molecule has 0 spiro atoms. The first-order valence-electron chi connectivity index (χ1n) is 4.11. The zero-order valence-corrected chi connectivity index (χ0v) is 11.0. The monoisotopic (exact) mass is 338 g/mol. The molecule has 4 heteroatoms. The molecule has 74 valence electrons. The maximum Gasteiger partial charge on any atom is 0.0692 e. The highest BCUT2D eigenvalue weighted by atomic mass is 127. The van der Waals surface area contributed by atoms with Gasteiger partial charge >= 0.3 is 0 Å². The zero-order valence-electron chi connectivity index (χ0n) is 7.26. The van der Waals surface area contributed by atoms with Crippen molar-refractivity contribution in [1.82, 2.24) is 0 Å². The second-order valence-corrected chi connectivity index (χ2v) is 5.33. The van der Waals surface area contributed by atoms with Gasteiger partial charge in [0.1, 0.15) is 0 Å². The zero-order chi connectivity index (χ0) is 10.1. The number of benzene rings is 1. The van der Waals surface area contributed by atoms with Gasteiger partial charge in [0.25, 0.3) is 0 Å². The fraction of sp³-hybridized carbons (Fsp3) is 0.200. The predicted molar refractivity (Wildman–Crippen MR) is 70.0 cm³/mol. The van der Waals surface area contributed by atoms with E-state index < -0.39 is 0 Å². The van der Waals surface area contributed by atoms with Crippen molar-refractivity contribution >= 4 is 55.6 Å². The van der Waals surface area contributed by atoms with E-state index in [1.165, 1.54) is 15.6 Å². The summed E-state index contributed by atoms with van der Waals surface area (Å²) in [6.45, 7) is 0.0995. The molecule has 0 radical (unpaired) electrons. The standard InChI is InChI=1S/C10H8ClIOS/c11-3-7-5-14-10-1-6(4-13)9(12)2-8(7)10/h1-2,5,13H,3-4H2. The van der Waals surface area contributed by atoms with Crippen LogP contribution in [-0.2, 0) is 12.5 Å². The number of rotatable bonds is 2. The lowest BCUT2D eigenvalue weighted by Gasteiger charge is -2.01. The highest BCUT2D eigenvalue weighted by Crippen LogP contribution is 2.30. The summed E-state index contributed by atoms with van der Waals surface area (Å²) in [6.07, 6.45) is 0. The van der Waals surface area contributed by atoms with Crippen LogP contribution in [-0.4, -0.2) is 5.11 Å². The number of thiophene rings is 1. The van der Waals surface area contributed by atoms with Gasteiger partial charge in [-0.1, -0.05) is 0 Å². The number of aliphatic hydroxyl groups is 1. The minimum atomic E-state index is 0.0995. The molecule has 0 unspecified atom stereocenters. The van der Waals surface area contributed by atoms with Crippen LogP contribution in [0.4, 0.5) is 0 Å². The van der Waals surface area contributed by atoms with Crippen LogP contribution in [0.2, 0.25) is 0 Å². The topological polar surface area (TPSA) is 20.2 Å². The summed E-state index contributed by atoms with van der Waals surface area (Å²) < 4.78 is 2.30. The number of aliphatic hydroxyl groups excluding tert-OH is 1. The van der Waals surface area contributed by atoms with Gasteiger partial charge < -0.3 is 5.11 Å². The van der Waals surface area contributed by atoms with E-state index in [0.717, 1.165) is 9.13 Å². The number of halogens is 2. The minimum Gasteiger partial charge on any atom is -0.392 e. The minimum absolute atomic E-state index is 0.0995. The molecule has 1 aromatic carbocycles. The van der Waals surface area contributed by atoms with Crippen molar-refractivity contribution in [2.45, 2.75) is 12.5 Å². The van der Waals surface area contributed by atoms with Gasteiger partial charge in [0.05, 0.1) is 6.61 Å². The summed E-state index contributed by atoms with van der Waals surface area (Å²) in [6, 6.07) is 4.13. The van der Waals surface area contributed by atoms with Gasteiger partial charge in [-0.3, -0.25) is 0 Å². The fourth-order valence-corrected chi connectivity index (χ4v) is 3.32. The van der Waals surface area contributed by atoms with Crippen molar-refractivity contribution in [1.29, 1.82) is 0 Å². The average Bonchev–Trinajstić information content (AvgIpc) is 2.58. The van der Waals surface area contributed by atoms with Crippen molar-refractivity contribution < 1.29 is 5.11 Å². The Labute approximate surface area is 105 Å². The Balaban J connectivity index is 2.69. The van der Waals surface area contributed by atoms with Gasteiger partial charge in [-0.15, -0.1) is 22.9 Å². The van der Waals surface area contributed by atoms with Gasteiger partial charge in [-0.05, 0) is 56.6 Å². The lowest BCUT2D eigenvalue weighted by atomic mass is 10.1. The van der Waals surface area contributed by atoms with Crippen LogP contribution in [0.1, 0.15) is 11.1 Å². The Hall–Kier alpha value is 0.160. The molecule has 14 heavy (non-hydrogen) atoms. The second kappa shape index (κ2) is 4.35. The number of fused-ring (bicyclic) bond motifs is 1. The van der Waals surface area contributed by atoms with Crippen LogP contribution in [0.5, 0.6) is 0 Å². The number of alkyl halides is 1. The van der Waals surface area contributed by atoms with Crippen LogP contribution in [0.3, 0.4) is 0 Å². The van der Waals surface area contributed by atoms with Gasteiger partial charge in [0.2, 0.25) is 0 Å². The summed E-state index contributed by atoms with van der Waals surface area (Å²) >= 11 is 9.75. The smallest absolute Gasteiger partial charge is 0.0692 e. The molecule has 0 bridgehead atoms. The molecule has 0 amide bonds. The van der Waals surface area contributed by atoms with E-state index in [1.54, 1.807) is 11.3 Å². The number of hydrogen-bond donors (Lipinski definition) is 1. The van der Waals surface area contributed by atoms with Crippen molar-refractivity contribution in [2.24, 2.45) is 0 Å². The average molecular weight is 339 g/mol. The van der Waals surface area contributed by atoms with E-state index in [4.69, 9.17) is 16.7 Å². The third kappa shape index (κ3) is 1.78. The highest BCUT2D eigenvalue weighted by Gasteiger charge is 2.06. The lowest BCUT2D eigenvalue weighted by molar-refractivity contribution is 0.281. The molecule has 2 aromatic rings. The van der Waals surface area contributed by atoms with Crippen molar-refractivity contribution in [3.8, 4) is 0 Å². The Morgan fingerprint density at radius 2 is 2.14 bits per heavy atom. The Kier molecular flexibility index (Phi) is 3.31. The molecular weight excluding hydrogens is 331 g/mol. The molecule has 1 N–H and O–H groups in total. The molecule has 0 aliphatic rings. The van der Waals surface area contributed by atoms with Crippen LogP contribution in [0.25, 0.3) is 10.1 Å². The largest absolute Gasteiger partial charge is 0.392 e. The fourth-order valence-electron chi connectivity index (χ4n) is 1.37. The van der Waals surface area contributed by atoms with Gasteiger partial charge in [0, 0.05) is 14.2 Å². The molecule has 0 aliphatic heterocycles. The molecule has 2 rings (SSSR count). The van der Waals surface area contributed by atoms with Crippen LogP contribution >= 0.6 is 45.5 Å². The molecule has 1 heterocycles.